The number of carbonyl (C=O) groups excluding carboxylic acids is 1. The fraction of sp³-hybridized carbons (Fsp3) is 0.211. The second-order valence-electron chi connectivity index (χ2n) is 5.92. The highest BCUT2D eigenvalue weighted by Gasteiger charge is 2.09. The third-order valence-corrected chi connectivity index (χ3v) is 5.19. The summed E-state index contributed by atoms with van der Waals surface area (Å²) in [6, 6.07) is 13.7. The van der Waals surface area contributed by atoms with E-state index in [2.05, 4.69) is 20.3 Å². The second-order valence-corrected chi connectivity index (χ2v) is 7.03. The zero-order chi connectivity index (χ0) is 17.9. The van der Waals surface area contributed by atoms with Crippen LogP contribution in [0.2, 0.25) is 0 Å². The number of hydrogen-bond acceptors (Lipinski definition) is 5. The van der Waals surface area contributed by atoms with Crippen molar-refractivity contribution in [3.05, 3.63) is 53.3 Å². The van der Waals surface area contributed by atoms with Crippen molar-refractivity contribution in [2.45, 2.75) is 19.4 Å². The highest BCUT2D eigenvalue weighted by molar-refractivity contribution is 7.18. The van der Waals surface area contributed by atoms with Crippen molar-refractivity contribution in [1.29, 1.82) is 0 Å². The topological polar surface area (TPSA) is 79.9 Å². The van der Waals surface area contributed by atoms with Gasteiger partial charge in [-0.3, -0.25) is 4.79 Å². The van der Waals surface area contributed by atoms with E-state index in [0.717, 1.165) is 37.8 Å². The number of ether oxygens (including phenoxy) is 1. The summed E-state index contributed by atoms with van der Waals surface area (Å²) in [5.41, 5.74) is 2.73. The summed E-state index contributed by atoms with van der Waals surface area (Å²) in [6.45, 7) is 0.371. The summed E-state index contributed by atoms with van der Waals surface area (Å²) < 4.78 is 6.36. The van der Waals surface area contributed by atoms with Gasteiger partial charge in [-0.1, -0.05) is 12.1 Å². The number of aromatic nitrogens is 3. The van der Waals surface area contributed by atoms with Crippen LogP contribution in [0.25, 0.3) is 21.3 Å². The standard InChI is InChI=1S/C19H18N4O2S/c1-25-12-6-7-13-15(10-12)22-17(21-13)11-20-18(24)8-9-19-23-14-4-2-3-5-16(14)26-19/h2-7,10H,8-9,11H2,1H3,(H,20,24)(H,21,22). The molecule has 0 aliphatic heterocycles. The van der Waals surface area contributed by atoms with Gasteiger partial charge in [-0.25, -0.2) is 9.97 Å². The zero-order valence-electron chi connectivity index (χ0n) is 14.3. The van der Waals surface area contributed by atoms with Gasteiger partial charge in [-0.15, -0.1) is 11.3 Å². The van der Waals surface area contributed by atoms with Crippen LogP contribution in [-0.4, -0.2) is 28.0 Å². The van der Waals surface area contributed by atoms with Gasteiger partial charge in [0, 0.05) is 18.9 Å². The molecule has 1 amide bonds. The molecule has 26 heavy (non-hydrogen) atoms. The molecule has 0 aliphatic rings. The maximum atomic E-state index is 12.1. The predicted molar refractivity (Wildman–Crippen MR) is 102 cm³/mol. The van der Waals surface area contributed by atoms with Gasteiger partial charge in [0.05, 0.1) is 39.9 Å². The van der Waals surface area contributed by atoms with Gasteiger partial charge in [0.1, 0.15) is 11.6 Å². The van der Waals surface area contributed by atoms with E-state index in [1.165, 1.54) is 0 Å². The second kappa shape index (κ2) is 7.13. The van der Waals surface area contributed by atoms with Gasteiger partial charge in [-0.2, -0.15) is 0 Å². The molecule has 0 spiro atoms. The molecule has 6 nitrogen and oxygen atoms in total. The van der Waals surface area contributed by atoms with E-state index in [4.69, 9.17) is 4.74 Å². The van der Waals surface area contributed by atoms with Gasteiger partial charge in [0.25, 0.3) is 0 Å². The Morgan fingerprint density at radius 2 is 2.08 bits per heavy atom. The van der Waals surface area contributed by atoms with Crippen molar-refractivity contribution in [3.8, 4) is 5.75 Å². The normalized spacial score (nSPS) is 11.1. The number of rotatable bonds is 6. The number of nitrogens with one attached hydrogen (secondary N) is 2. The Bertz CT molecular complexity index is 1040. The number of nitrogens with zero attached hydrogens (tertiary/aromatic N) is 2. The van der Waals surface area contributed by atoms with Crippen LogP contribution >= 0.6 is 11.3 Å². The number of amides is 1. The number of hydrogen-bond donors (Lipinski definition) is 2. The van der Waals surface area contributed by atoms with E-state index < -0.39 is 0 Å². The minimum atomic E-state index is -0.0118. The first-order chi connectivity index (χ1) is 12.7. The van der Waals surface area contributed by atoms with Crippen LogP contribution in [0.1, 0.15) is 17.3 Å². The monoisotopic (exact) mass is 366 g/mol. The number of aromatic amines is 1. The Morgan fingerprint density at radius 1 is 1.19 bits per heavy atom. The van der Waals surface area contributed by atoms with Gasteiger partial charge in [0.2, 0.25) is 5.91 Å². The largest absolute Gasteiger partial charge is 0.497 e. The van der Waals surface area contributed by atoms with Gasteiger partial charge in [-0.05, 0) is 24.3 Å². The summed E-state index contributed by atoms with van der Waals surface area (Å²) >= 11 is 1.64. The Hall–Kier alpha value is -2.93. The molecule has 4 rings (SSSR count). The molecule has 7 heteroatoms. The van der Waals surface area contributed by atoms with Gasteiger partial charge >= 0.3 is 0 Å². The fourth-order valence-electron chi connectivity index (χ4n) is 2.77. The lowest BCUT2D eigenvalue weighted by molar-refractivity contribution is -0.121. The molecule has 2 aromatic carbocycles. The molecule has 0 saturated heterocycles. The number of fused-ring (bicyclic) bond motifs is 2. The van der Waals surface area contributed by atoms with Crippen molar-refractivity contribution < 1.29 is 9.53 Å². The smallest absolute Gasteiger partial charge is 0.220 e. The number of aryl methyl sites for hydroxylation is 1. The van der Waals surface area contributed by atoms with Crippen molar-refractivity contribution in [2.24, 2.45) is 0 Å². The number of methoxy groups -OCH3 is 1. The summed E-state index contributed by atoms with van der Waals surface area (Å²) in [5.74, 6) is 1.48. The minimum absolute atomic E-state index is 0.0118. The summed E-state index contributed by atoms with van der Waals surface area (Å²) in [4.78, 5) is 24.4. The first-order valence-electron chi connectivity index (χ1n) is 8.35. The summed E-state index contributed by atoms with van der Waals surface area (Å²) in [6.07, 6.45) is 1.05. The minimum Gasteiger partial charge on any atom is -0.497 e. The first-order valence-corrected chi connectivity index (χ1v) is 9.17. The Labute approximate surface area is 154 Å². The van der Waals surface area contributed by atoms with E-state index in [1.807, 2.05) is 42.5 Å². The molecule has 132 valence electrons. The Kier molecular flexibility index (Phi) is 4.53. The number of benzene rings is 2. The lowest BCUT2D eigenvalue weighted by atomic mass is 10.3. The maximum absolute atomic E-state index is 12.1. The van der Waals surface area contributed by atoms with E-state index in [0.29, 0.717) is 19.4 Å². The lowest BCUT2D eigenvalue weighted by Crippen LogP contribution is -2.23. The molecule has 2 aromatic heterocycles. The van der Waals surface area contributed by atoms with Gasteiger partial charge < -0.3 is 15.0 Å². The molecule has 0 aliphatic carbocycles. The molecule has 0 saturated carbocycles. The average Bonchev–Trinajstić information content (AvgIpc) is 3.26. The highest BCUT2D eigenvalue weighted by atomic mass is 32.1. The van der Waals surface area contributed by atoms with Crippen LogP contribution < -0.4 is 10.1 Å². The zero-order valence-corrected chi connectivity index (χ0v) is 15.1. The molecule has 2 heterocycles. The number of carbonyl (C=O) groups is 1. The third kappa shape index (κ3) is 3.52. The molecule has 2 N–H and O–H groups in total. The van der Waals surface area contributed by atoms with Crippen molar-refractivity contribution in [2.75, 3.05) is 7.11 Å². The molecular weight excluding hydrogens is 348 g/mol. The molecule has 0 bridgehead atoms. The number of H-pyrrole nitrogens is 1. The Balaban J connectivity index is 1.33. The maximum Gasteiger partial charge on any atom is 0.220 e. The predicted octanol–water partition coefficient (Wildman–Crippen LogP) is 3.43. The van der Waals surface area contributed by atoms with Crippen LogP contribution in [0.4, 0.5) is 0 Å². The van der Waals surface area contributed by atoms with Gasteiger partial charge in [0.15, 0.2) is 0 Å². The SMILES string of the molecule is COc1ccc2nc(CNC(=O)CCc3nc4ccccc4s3)[nH]c2c1. The first kappa shape index (κ1) is 16.5. The Morgan fingerprint density at radius 3 is 2.92 bits per heavy atom. The number of imidazole rings is 1. The highest BCUT2D eigenvalue weighted by Crippen LogP contribution is 2.22. The average molecular weight is 366 g/mol. The number of thiazole rings is 1. The third-order valence-electron chi connectivity index (χ3n) is 4.10. The summed E-state index contributed by atoms with van der Waals surface area (Å²) in [5, 5.41) is 3.89. The molecular formula is C19H18N4O2S. The van der Waals surface area contributed by atoms with E-state index in [9.17, 15) is 4.79 Å². The van der Waals surface area contributed by atoms with Crippen molar-refractivity contribution >= 4 is 38.5 Å². The molecule has 0 unspecified atom stereocenters. The van der Waals surface area contributed by atoms with Crippen LogP contribution in [0, 0.1) is 0 Å². The van der Waals surface area contributed by atoms with Crippen LogP contribution in [-0.2, 0) is 17.8 Å². The molecule has 0 atom stereocenters. The molecule has 0 radical (unpaired) electrons. The van der Waals surface area contributed by atoms with Crippen LogP contribution in [0.15, 0.2) is 42.5 Å². The quantitative estimate of drug-likeness (QED) is 0.548. The van der Waals surface area contributed by atoms with Crippen LogP contribution in [0.5, 0.6) is 5.75 Å². The summed E-state index contributed by atoms with van der Waals surface area (Å²) in [7, 11) is 1.63. The molecule has 0 fully saturated rings. The van der Waals surface area contributed by atoms with E-state index >= 15 is 0 Å². The van der Waals surface area contributed by atoms with E-state index in [-0.39, 0.29) is 5.91 Å². The fourth-order valence-corrected chi connectivity index (χ4v) is 3.74. The van der Waals surface area contributed by atoms with Crippen molar-refractivity contribution in [3.63, 3.8) is 0 Å². The van der Waals surface area contributed by atoms with Crippen molar-refractivity contribution in [1.82, 2.24) is 20.3 Å². The lowest BCUT2D eigenvalue weighted by Gasteiger charge is -2.01. The van der Waals surface area contributed by atoms with Crippen LogP contribution in [0.3, 0.4) is 0 Å². The molecule has 4 aromatic rings. The van der Waals surface area contributed by atoms with E-state index in [1.54, 1.807) is 18.4 Å². The number of para-hydroxylation sites is 1.